The normalized spacial score (nSPS) is 9.22. The molecule has 0 heterocycles. The van der Waals surface area contributed by atoms with Crippen molar-refractivity contribution in [2.45, 2.75) is 78.1 Å². The van der Waals surface area contributed by atoms with Crippen molar-refractivity contribution in [3.63, 3.8) is 0 Å². The quantitative estimate of drug-likeness (QED) is 0.198. The van der Waals surface area contributed by atoms with Crippen molar-refractivity contribution in [2.75, 3.05) is 0 Å². The molecule has 0 fully saturated rings. The molecule has 18 heavy (non-hydrogen) atoms. The molecule has 0 rings (SSSR count). The van der Waals surface area contributed by atoms with Crippen LogP contribution in [0.3, 0.4) is 0 Å². The van der Waals surface area contributed by atoms with E-state index in [9.17, 15) is 0 Å². The second-order valence-corrected chi connectivity index (χ2v) is 4.67. The van der Waals surface area contributed by atoms with Crippen LogP contribution in [0.15, 0.2) is 11.1 Å². The standard InChI is InChI=1S/C16H28.2Li/c1-5-7-9-11-13-15(3)16(4)14-12-10-8-6-2;;/h3-4H,5-14H2,1-2H3;;/q-2;2*+1. The number of hydrogen-bond acceptors (Lipinski definition) is 0. The van der Waals surface area contributed by atoms with E-state index in [0.717, 1.165) is 24.0 Å². The third kappa shape index (κ3) is 14.7. The van der Waals surface area contributed by atoms with Crippen LogP contribution in [0.25, 0.3) is 0 Å². The van der Waals surface area contributed by atoms with Gasteiger partial charge in [0, 0.05) is 0 Å². The number of rotatable bonds is 11. The Bertz CT molecular complexity index is 175. The molecule has 0 N–H and O–H groups in total. The fourth-order valence-corrected chi connectivity index (χ4v) is 1.81. The van der Waals surface area contributed by atoms with Gasteiger partial charge in [-0.2, -0.15) is 0 Å². The molecule has 94 valence electrons. The molecule has 0 amide bonds. The van der Waals surface area contributed by atoms with Gasteiger partial charge in [-0.05, 0) is 0 Å². The van der Waals surface area contributed by atoms with Gasteiger partial charge in [0.2, 0.25) is 0 Å². The molecule has 0 aromatic heterocycles. The Hall–Kier alpha value is 0.675. The summed E-state index contributed by atoms with van der Waals surface area (Å²) in [6.07, 6.45) is 12.1. The minimum absolute atomic E-state index is 0. The summed E-state index contributed by atoms with van der Waals surface area (Å²) in [6.45, 7) is 16.4. The molecule has 0 aliphatic rings. The molecule has 0 aliphatic heterocycles. The SMILES string of the molecule is [CH-]=C(CCCCCC)C(=[CH-])CCCCCC.[Li+].[Li+]. The molecule has 2 heteroatoms. The zero-order chi connectivity index (χ0) is 12.2. The Balaban J connectivity index is -0.00000112. The van der Waals surface area contributed by atoms with Gasteiger partial charge in [-0.3, -0.25) is 0 Å². The van der Waals surface area contributed by atoms with Crippen LogP contribution >= 0.6 is 0 Å². The van der Waals surface area contributed by atoms with Crippen molar-refractivity contribution in [3.05, 3.63) is 24.3 Å². The number of hydrogen-bond donors (Lipinski definition) is 0. The average Bonchev–Trinajstić information content (AvgIpc) is 2.29. The molecular weight excluding hydrogens is 206 g/mol. The Labute approximate surface area is 139 Å². The van der Waals surface area contributed by atoms with Crippen LogP contribution in [0.1, 0.15) is 78.1 Å². The van der Waals surface area contributed by atoms with Crippen molar-refractivity contribution in [1.29, 1.82) is 0 Å². The Morgan fingerprint density at radius 3 is 1.22 bits per heavy atom. The summed E-state index contributed by atoms with van der Waals surface area (Å²) in [5.41, 5.74) is 1.88. The first kappa shape index (κ1) is 23.7. The monoisotopic (exact) mass is 234 g/mol. The first-order valence-corrected chi connectivity index (χ1v) is 6.95. The van der Waals surface area contributed by atoms with E-state index in [-0.39, 0.29) is 37.7 Å². The maximum absolute atomic E-state index is 5.97. The van der Waals surface area contributed by atoms with E-state index in [0.29, 0.717) is 0 Å². The molecule has 0 atom stereocenters. The van der Waals surface area contributed by atoms with Gasteiger partial charge in [-0.1, -0.05) is 65.2 Å². The molecule has 0 nitrogen and oxygen atoms in total. The topological polar surface area (TPSA) is 0 Å². The fourth-order valence-electron chi connectivity index (χ4n) is 1.81. The van der Waals surface area contributed by atoms with Gasteiger partial charge in [0.05, 0.1) is 0 Å². The van der Waals surface area contributed by atoms with Crippen molar-refractivity contribution in [2.24, 2.45) is 0 Å². The molecule has 0 bridgehead atoms. The van der Waals surface area contributed by atoms with E-state index in [2.05, 4.69) is 13.8 Å². The largest absolute Gasteiger partial charge is 1.00 e. The van der Waals surface area contributed by atoms with Crippen LogP contribution < -0.4 is 37.7 Å². The maximum Gasteiger partial charge on any atom is 1.00 e. The maximum atomic E-state index is 5.97. The van der Waals surface area contributed by atoms with E-state index in [1.54, 1.807) is 0 Å². The van der Waals surface area contributed by atoms with Crippen LogP contribution in [0.5, 0.6) is 0 Å². The first-order chi connectivity index (χ1) is 7.72. The predicted molar refractivity (Wildman–Crippen MR) is 73.1 cm³/mol. The Morgan fingerprint density at radius 1 is 0.611 bits per heavy atom. The van der Waals surface area contributed by atoms with Gasteiger partial charge in [-0.25, -0.2) is 0 Å². The minimum Gasteiger partial charge on any atom is -0.390 e. The third-order valence-corrected chi connectivity index (χ3v) is 3.01. The van der Waals surface area contributed by atoms with Crippen molar-refractivity contribution in [1.82, 2.24) is 0 Å². The van der Waals surface area contributed by atoms with Gasteiger partial charge >= 0.3 is 37.7 Å². The van der Waals surface area contributed by atoms with Crippen molar-refractivity contribution in [3.8, 4) is 0 Å². The molecule has 0 radical (unpaired) electrons. The number of unbranched alkanes of at least 4 members (excludes halogenated alkanes) is 6. The first-order valence-electron chi connectivity index (χ1n) is 6.95. The molecular formula is C16H28Li2. The van der Waals surface area contributed by atoms with E-state index in [1.165, 1.54) is 51.4 Å². The Morgan fingerprint density at radius 2 is 0.944 bits per heavy atom. The molecule has 0 aliphatic carbocycles. The summed E-state index contributed by atoms with van der Waals surface area (Å²) in [5, 5.41) is 0. The average molecular weight is 234 g/mol. The van der Waals surface area contributed by atoms with Gasteiger partial charge in [0.15, 0.2) is 0 Å². The summed E-state index contributed by atoms with van der Waals surface area (Å²) in [6, 6.07) is 0. The van der Waals surface area contributed by atoms with Gasteiger partial charge in [0.1, 0.15) is 0 Å². The molecule has 0 saturated heterocycles. The zero-order valence-corrected chi connectivity index (χ0v) is 13.2. The zero-order valence-electron chi connectivity index (χ0n) is 13.2. The van der Waals surface area contributed by atoms with Gasteiger partial charge in [0.25, 0.3) is 0 Å². The van der Waals surface area contributed by atoms with Crippen LogP contribution in [0.2, 0.25) is 0 Å². The summed E-state index contributed by atoms with van der Waals surface area (Å²) in [7, 11) is 0. The molecule has 0 spiro atoms. The molecule has 0 saturated carbocycles. The van der Waals surface area contributed by atoms with Gasteiger partial charge in [-0.15, -0.1) is 12.8 Å². The summed E-state index contributed by atoms with van der Waals surface area (Å²) >= 11 is 0. The number of allylic oxidation sites excluding steroid dienone is 2. The van der Waals surface area contributed by atoms with E-state index in [1.807, 2.05) is 0 Å². The van der Waals surface area contributed by atoms with Gasteiger partial charge < -0.3 is 24.3 Å². The molecule has 0 aromatic carbocycles. The predicted octanol–water partition coefficient (Wildman–Crippen LogP) is -0.346. The van der Waals surface area contributed by atoms with E-state index >= 15 is 0 Å². The van der Waals surface area contributed by atoms with E-state index < -0.39 is 0 Å². The van der Waals surface area contributed by atoms with Crippen molar-refractivity contribution >= 4 is 0 Å². The summed E-state index contributed by atoms with van der Waals surface area (Å²) < 4.78 is 0. The van der Waals surface area contributed by atoms with Crippen molar-refractivity contribution < 1.29 is 37.7 Å². The van der Waals surface area contributed by atoms with Crippen LogP contribution in [0.4, 0.5) is 0 Å². The minimum atomic E-state index is 0. The third-order valence-electron chi connectivity index (χ3n) is 3.01. The smallest absolute Gasteiger partial charge is 0.390 e. The second-order valence-electron chi connectivity index (χ2n) is 4.67. The molecule has 0 aromatic rings. The fraction of sp³-hybridized carbons (Fsp3) is 0.750. The van der Waals surface area contributed by atoms with E-state index in [4.69, 9.17) is 13.2 Å². The summed E-state index contributed by atoms with van der Waals surface area (Å²) in [4.78, 5) is 0. The molecule has 0 unspecified atom stereocenters. The van der Waals surface area contributed by atoms with Crippen LogP contribution in [-0.2, 0) is 0 Å². The summed E-state index contributed by atoms with van der Waals surface area (Å²) in [5.74, 6) is 0. The van der Waals surface area contributed by atoms with Crippen LogP contribution in [0, 0.1) is 13.2 Å². The van der Waals surface area contributed by atoms with Crippen LogP contribution in [-0.4, -0.2) is 0 Å². The second kappa shape index (κ2) is 17.7. The Kier molecular flexibility index (Phi) is 23.3.